The van der Waals surface area contributed by atoms with E-state index in [-0.39, 0.29) is 12.3 Å². The minimum absolute atomic E-state index is 0.143. The molecule has 0 spiro atoms. The highest BCUT2D eigenvalue weighted by molar-refractivity contribution is 5.90. The van der Waals surface area contributed by atoms with E-state index in [1.54, 1.807) is 6.21 Å². The predicted octanol–water partition coefficient (Wildman–Crippen LogP) is 4.39. The summed E-state index contributed by atoms with van der Waals surface area (Å²) in [6.45, 7) is 0. The third-order valence-corrected chi connectivity index (χ3v) is 5.04. The maximum Gasteiger partial charge on any atom is 0.244 e. The SMILES string of the molecule is CN(C)c1ccc(-n2cccc2C=NNC(=O)Cc2cccc3ccccc23)cc1. The third kappa shape index (κ3) is 4.25. The zero-order valence-corrected chi connectivity index (χ0v) is 17.1. The van der Waals surface area contributed by atoms with Crippen molar-refractivity contribution in [2.75, 3.05) is 19.0 Å². The summed E-state index contributed by atoms with van der Waals surface area (Å²) in [7, 11) is 4.04. The Balaban J connectivity index is 1.44. The predicted molar refractivity (Wildman–Crippen MR) is 123 cm³/mol. The number of nitrogens with one attached hydrogen (secondary N) is 1. The van der Waals surface area contributed by atoms with Crippen LogP contribution in [0.3, 0.4) is 0 Å². The number of carbonyl (C=O) groups is 1. The Morgan fingerprint density at radius 3 is 2.53 bits per heavy atom. The number of nitrogens with zero attached hydrogens (tertiary/aromatic N) is 3. The molecule has 0 radical (unpaired) electrons. The van der Waals surface area contributed by atoms with Gasteiger partial charge in [-0.3, -0.25) is 4.79 Å². The second-order valence-corrected chi connectivity index (χ2v) is 7.32. The molecule has 0 atom stereocenters. The molecule has 0 saturated heterocycles. The smallest absolute Gasteiger partial charge is 0.244 e. The lowest BCUT2D eigenvalue weighted by Gasteiger charge is -2.13. The molecule has 3 aromatic carbocycles. The number of hydrazone groups is 1. The summed E-state index contributed by atoms with van der Waals surface area (Å²) >= 11 is 0. The molecule has 0 aliphatic carbocycles. The Bertz CT molecular complexity index is 1180. The minimum Gasteiger partial charge on any atom is -0.378 e. The van der Waals surface area contributed by atoms with Gasteiger partial charge in [-0.1, -0.05) is 42.5 Å². The van der Waals surface area contributed by atoms with Crippen LogP contribution in [0, 0.1) is 0 Å². The van der Waals surface area contributed by atoms with E-state index in [0.717, 1.165) is 33.4 Å². The summed E-state index contributed by atoms with van der Waals surface area (Å²) < 4.78 is 2.03. The van der Waals surface area contributed by atoms with Gasteiger partial charge in [0.15, 0.2) is 0 Å². The van der Waals surface area contributed by atoms with Crippen LogP contribution in [0.1, 0.15) is 11.3 Å². The molecule has 1 N–H and O–H groups in total. The molecule has 1 heterocycles. The zero-order chi connectivity index (χ0) is 20.9. The van der Waals surface area contributed by atoms with Crippen LogP contribution in [0.25, 0.3) is 16.5 Å². The summed E-state index contributed by atoms with van der Waals surface area (Å²) in [6, 6.07) is 26.3. The second-order valence-electron chi connectivity index (χ2n) is 7.32. The molecule has 0 bridgehead atoms. The Morgan fingerprint density at radius 2 is 1.73 bits per heavy atom. The van der Waals surface area contributed by atoms with Crippen molar-refractivity contribution in [2.45, 2.75) is 6.42 Å². The van der Waals surface area contributed by atoms with Crippen molar-refractivity contribution in [3.63, 3.8) is 0 Å². The van der Waals surface area contributed by atoms with Crippen molar-refractivity contribution < 1.29 is 4.79 Å². The fourth-order valence-electron chi connectivity index (χ4n) is 3.48. The van der Waals surface area contributed by atoms with Gasteiger partial charge in [0.25, 0.3) is 0 Å². The van der Waals surface area contributed by atoms with Crippen LogP contribution >= 0.6 is 0 Å². The molecule has 0 unspecified atom stereocenters. The highest BCUT2D eigenvalue weighted by Gasteiger charge is 2.06. The summed E-state index contributed by atoms with van der Waals surface area (Å²) in [5.41, 5.74) is 6.70. The van der Waals surface area contributed by atoms with E-state index in [4.69, 9.17) is 0 Å². The van der Waals surface area contributed by atoms with E-state index in [9.17, 15) is 4.79 Å². The van der Waals surface area contributed by atoms with Crippen molar-refractivity contribution in [3.8, 4) is 5.69 Å². The standard InChI is InChI=1S/C25H24N4O/c1-28(2)21-12-14-22(15-13-21)29-16-6-10-23(29)18-26-27-25(30)17-20-9-5-8-19-7-3-4-11-24(19)20/h3-16,18H,17H2,1-2H3,(H,27,30). The Hall–Kier alpha value is -3.86. The van der Waals surface area contributed by atoms with Crippen molar-refractivity contribution in [3.05, 3.63) is 96.3 Å². The van der Waals surface area contributed by atoms with Crippen LogP contribution in [0.2, 0.25) is 0 Å². The van der Waals surface area contributed by atoms with Gasteiger partial charge in [-0.05, 0) is 52.7 Å². The second kappa shape index (κ2) is 8.66. The molecule has 1 aromatic heterocycles. The van der Waals surface area contributed by atoms with E-state index < -0.39 is 0 Å². The highest BCUT2D eigenvalue weighted by atomic mass is 16.2. The summed E-state index contributed by atoms with van der Waals surface area (Å²) in [5.74, 6) is -0.143. The largest absolute Gasteiger partial charge is 0.378 e. The minimum atomic E-state index is -0.143. The van der Waals surface area contributed by atoms with Gasteiger partial charge in [0.2, 0.25) is 5.91 Å². The van der Waals surface area contributed by atoms with Crippen LogP contribution in [0.15, 0.2) is 90.2 Å². The van der Waals surface area contributed by atoms with Gasteiger partial charge in [0, 0.05) is 31.7 Å². The average Bonchev–Trinajstić information content (AvgIpc) is 3.22. The normalized spacial score (nSPS) is 11.1. The van der Waals surface area contributed by atoms with Crippen molar-refractivity contribution >= 4 is 28.6 Å². The number of anilines is 1. The Kier molecular flexibility index (Phi) is 5.61. The zero-order valence-electron chi connectivity index (χ0n) is 17.1. The first-order valence-corrected chi connectivity index (χ1v) is 9.85. The van der Waals surface area contributed by atoms with Crippen molar-refractivity contribution in [1.29, 1.82) is 0 Å². The number of rotatable bonds is 6. The molecule has 5 heteroatoms. The molecular formula is C25H24N4O. The summed E-state index contributed by atoms with van der Waals surface area (Å²) in [4.78, 5) is 14.5. The number of hydrogen-bond donors (Lipinski definition) is 1. The Labute approximate surface area is 176 Å². The van der Waals surface area contributed by atoms with Crippen LogP contribution in [0.5, 0.6) is 0 Å². The van der Waals surface area contributed by atoms with E-state index in [1.807, 2.05) is 79.5 Å². The van der Waals surface area contributed by atoms with Gasteiger partial charge in [0.05, 0.1) is 18.3 Å². The van der Waals surface area contributed by atoms with Crippen LogP contribution < -0.4 is 10.3 Å². The lowest BCUT2D eigenvalue weighted by Crippen LogP contribution is -2.20. The van der Waals surface area contributed by atoms with E-state index in [1.165, 1.54) is 0 Å². The third-order valence-electron chi connectivity index (χ3n) is 5.04. The first-order chi connectivity index (χ1) is 14.6. The molecule has 0 fully saturated rings. The van der Waals surface area contributed by atoms with Gasteiger partial charge in [-0.2, -0.15) is 5.10 Å². The van der Waals surface area contributed by atoms with Crippen LogP contribution in [0.4, 0.5) is 5.69 Å². The molecule has 5 nitrogen and oxygen atoms in total. The molecule has 0 aliphatic heterocycles. The van der Waals surface area contributed by atoms with Crippen molar-refractivity contribution in [1.82, 2.24) is 9.99 Å². The molecule has 4 aromatic rings. The van der Waals surface area contributed by atoms with E-state index in [0.29, 0.717) is 0 Å². The van der Waals surface area contributed by atoms with E-state index >= 15 is 0 Å². The molecule has 30 heavy (non-hydrogen) atoms. The number of benzene rings is 3. The van der Waals surface area contributed by atoms with Crippen molar-refractivity contribution in [2.24, 2.45) is 5.10 Å². The van der Waals surface area contributed by atoms with Gasteiger partial charge >= 0.3 is 0 Å². The van der Waals surface area contributed by atoms with Gasteiger partial charge in [0.1, 0.15) is 0 Å². The number of amides is 1. The van der Waals surface area contributed by atoms with Gasteiger partial charge in [-0.15, -0.1) is 0 Å². The lowest BCUT2D eigenvalue weighted by molar-refractivity contribution is -0.120. The molecule has 4 rings (SSSR count). The first kappa shape index (κ1) is 19.5. The van der Waals surface area contributed by atoms with E-state index in [2.05, 4.69) is 39.7 Å². The molecule has 0 aliphatic rings. The molecule has 150 valence electrons. The maximum atomic E-state index is 12.4. The summed E-state index contributed by atoms with van der Waals surface area (Å²) in [5, 5.41) is 6.39. The van der Waals surface area contributed by atoms with Crippen LogP contribution in [-0.4, -0.2) is 30.8 Å². The lowest BCUT2D eigenvalue weighted by atomic mass is 10.0. The topological polar surface area (TPSA) is 49.6 Å². The number of aromatic nitrogens is 1. The average molecular weight is 396 g/mol. The number of fused-ring (bicyclic) bond motifs is 1. The van der Waals surface area contributed by atoms with Gasteiger partial charge in [-0.25, -0.2) is 5.43 Å². The molecule has 1 amide bonds. The molecule has 0 saturated carbocycles. The summed E-state index contributed by atoms with van der Waals surface area (Å²) in [6.07, 6.45) is 3.93. The Morgan fingerprint density at radius 1 is 0.967 bits per heavy atom. The number of carbonyl (C=O) groups excluding carboxylic acids is 1. The van der Waals surface area contributed by atoms with Gasteiger partial charge < -0.3 is 9.47 Å². The molecular weight excluding hydrogens is 372 g/mol. The van der Waals surface area contributed by atoms with Crippen LogP contribution in [-0.2, 0) is 11.2 Å². The fraction of sp³-hybridized carbons (Fsp3) is 0.120. The number of hydrogen-bond acceptors (Lipinski definition) is 3. The fourth-order valence-corrected chi connectivity index (χ4v) is 3.48. The maximum absolute atomic E-state index is 12.4. The first-order valence-electron chi connectivity index (χ1n) is 9.85. The quantitative estimate of drug-likeness (QED) is 0.388. The highest BCUT2D eigenvalue weighted by Crippen LogP contribution is 2.19. The monoisotopic (exact) mass is 396 g/mol.